The van der Waals surface area contributed by atoms with E-state index in [1.807, 2.05) is 24.3 Å². The van der Waals surface area contributed by atoms with Crippen LogP contribution in [0.25, 0.3) is 0 Å². The molecule has 1 unspecified atom stereocenters. The molecule has 40 heavy (non-hydrogen) atoms. The zero-order chi connectivity index (χ0) is 29.8. The van der Waals surface area contributed by atoms with E-state index in [0.717, 1.165) is 19.3 Å². The van der Waals surface area contributed by atoms with Gasteiger partial charge in [-0.3, -0.25) is 4.18 Å². The highest BCUT2D eigenvalue weighted by Gasteiger charge is 2.28. The Morgan fingerprint density at radius 2 is 1.20 bits per heavy atom. The minimum absolute atomic E-state index is 0.0565. The molecule has 0 radical (unpaired) electrons. The lowest BCUT2D eigenvalue weighted by Crippen LogP contribution is -2.29. The number of hydrogen-bond donors (Lipinski definition) is 0. The zero-order valence-electron chi connectivity index (χ0n) is 21.4. The van der Waals surface area contributed by atoms with Crippen molar-refractivity contribution in [1.29, 1.82) is 0 Å². The van der Waals surface area contributed by atoms with Crippen LogP contribution < -0.4 is 0 Å². The lowest BCUT2D eigenvalue weighted by atomic mass is 10.0. The number of unbranched alkanes of at least 4 members (excludes halogenated alkanes) is 2. The van der Waals surface area contributed by atoms with Gasteiger partial charge < -0.3 is 4.74 Å². The van der Waals surface area contributed by atoms with Gasteiger partial charge in [0, 0.05) is 25.8 Å². The third kappa shape index (κ3) is 12.3. The van der Waals surface area contributed by atoms with Crippen LogP contribution in [0.1, 0.15) is 38.2 Å². The van der Waals surface area contributed by atoms with E-state index in [2.05, 4.69) is 0 Å². The summed E-state index contributed by atoms with van der Waals surface area (Å²) in [7, 11) is -2.67. The van der Waals surface area contributed by atoms with Gasteiger partial charge in [-0.05, 0) is 92.4 Å². The third-order valence-corrected chi connectivity index (χ3v) is 8.80. The first-order chi connectivity index (χ1) is 18.8. The van der Waals surface area contributed by atoms with Crippen molar-refractivity contribution in [3.8, 4) is 0 Å². The number of hydrogen-bond acceptors (Lipinski definition) is 7. The fraction of sp³-hybridized carbons (Fsp3) is 0.296. The van der Waals surface area contributed by atoms with Gasteiger partial charge in [0.15, 0.2) is 6.10 Å². The number of halogens is 4. The monoisotopic (exact) mass is 668 g/mol. The van der Waals surface area contributed by atoms with Gasteiger partial charge in [0.05, 0.1) is 16.4 Å². The first-order valence-electron chi connectivity index (χ1n) is 12.1. The number of esters is 1. The van der Waals surface area contributed by atoms with Crippen LogP contribution in [0.5, 0.6) is 0 Å². The molecule has 0 aromatic heterocycles. The molecule has 0 N–H and O–H groups in total. The molecule has 0 saturated carbocycles. The predicted octanol–water partition coefficient (Wildman–Crippen LogP) is 7.70. The third-order valence-electron chi connectivity index (χ3n) is 5.33. The molecule has 0 aliphatic rings. The van der Waals surface area contributed by atoms with Crippen LogP contribution in [0, 0.1) is 0 Å². The standard InChI is InChI=1S/C21H24Cl2O5S.C6H4Cl2O2S/c1-2-27-21(24)20(28-29(25,26)19-14-12-18(23)13-15-19)7-5-3-4-6-16-8-10-17(22)11-9-16;7-5-1-3-6(4-2-5)11(8,9)10/h8-15,20H,2-7H2,1H3;1-4H. The molecular formula is C27H28Cl4O7S2. The number of carbonyl (C=O) groups excluding carboxylic acids is 1. The van der Waals surface area contributed by atoms with Crippen molar-refractivity contribution in [2.24, 2.45) is 0 Å². The highest BCUT2D eigenvalue weighted by Crippen LogP contribution is 2.21. The predicted molar refractivity (Wildman–Crippen MR) is 158 cm³/mol. The Kier molecular flexibility index (Phi) is 14.2. The van der Waals surface area contributed by atoms with E-state index in [-0.39, 0.29) is 22.8 Å². The second-order valence-corrected chi connectivity index (χ2v) is 13.8. The summed E-state index contributed by atoms with van der Waals surface area (Å²) in [5.74, 6) is -0.678. The second-order valence-electron chi connectivity index (χ2n) is 8.36. The van der Waals surface area contributed by atoms with E-state index >= 15 is 0 Å². The van der Waals surface area contributed by atoms with Crippen LogP contribution in [0.15, 0.2) is 82.6 Å². The molecule has 0 amide bonds. The van der Waals surface area contributed by atoms with Crippen molar-refractivity contribution in [1.82, 2.24) is 0 Å². The molecule has 0 fully saturated rings. The Labute approximate surface area is 254 Å². The van der Waals surface area contributed by atoms with Gasteiger partial charge in [0.1, 0.15) is 0 Å². The van der Waals surface area contributed by atoms with E-state index in [4.69, 9.17) is 54.4 Å². The Bertz CT molecular complexity index is 1430. The average molecular weight is 670 g/mol. The first-order valence-corrected chi connectivity index (χ1v) is 17.0. The van der Waals surface area contributed by atoms with Crippen LogP contribution in [0.3, 0.4) is 0 Å². The molecule has 13 heteroatoms. The minimum atomic E-state index is -4.10. The normalized spacial score (nSPS) is 12.2. The maximum absolute atomic E-state index is 12.5. The van der Waals surface area contributed by atoms with Crippen LogP contribution in [-0.4, -0.2) is 35.5 Å². The molecule has 0 heterocycles. The summed E-state index contributed by atoms with van der Waals surface area (Å²) < 4.78 is 56.5. The lowest BCUT2D eigenvalue weighted by molar-refractivity contribution is -0.151. The summed E-state index contributed by atoms with van der Waals surface area (Å²) >= 11 is 17.2. The summed E-state index contributed by atoms with van der Waals surface area (Å²) in [6.45, 7) is 1.81. The maximum Gasteiger partial charge on any atom is 0.336 e. The van der Waals surface area contributed by atoms with E-state index in [1.54, 1.807) is 6.92 Å². The van der Waals surface area contributed by atoms with Crippen molar-refractivity contribution < 1.29 is 30.6 Å². The molecule has 7 nitrogen and oxygen atoms in total. The van der Waals surface area contributed by atoms with Crippen LogP contribution in [0.2, 0.25) is 15.1 Å². The van der Waals surface area contributed by atoms with Crippen LogP contribution in [-0.2, 0) is 39.3 Å². The first kappa shape index (κ1) is 34.4. The van der Waals surface area contributed by atoms with E-state index in [9.17, 15) is 21.6 Å². The number of rotatable bonds is 12. The number of aryl methyl sites for hydroxylation is 1. The molecular weight excluding hydrogens is 642 g/mol. The van der Waals surface area contributed by atoms with E-state index < -0.39 is 31.2 Å². The molecule has 218 valence electrons. The minimum Gasteiger partial charge on any atom is -0.464 e. The molecule has 0 aliphatic heterocycles. The van der Waals surface area contributed by atoms with Gasteiger partial charge in [0.25, 0.3) is 19.2 Å². The van der Waals surface area contributed by atoms with Crippen molar-refractivity contribution in [2.75, 3.05) is 6.61 Å². The van der Waals surface area contributed by atoms with Crippen molar-refractivity contribution in [2.45, 2.75) is 54.9 Å². The van der Waals surface area contributed by atoms with Gasteiger partial charge >= 0.3 is 5.97 Å². The molecule has 0 spiro atoms. The Balaban J connectivity index is 0.000000425. The smallest absolute Gasteiger partial charge is 0.336 e. The van der Waals surface area contributed by atoms with E-state index in [1.165, 1.54) is 54.1 Å². The van der Waals surface area contributed by atoms with Crippen LogP contribution >= 0.6 is 45.5 Å². The highest BCUT2D eigenvalue weighted by molar-refractivity contribution is 8.13. The largest absolute Gasteiger partial charge is 0.464 e. The van der Waals surface area contributed by atoms with Crippen molar-refractivity contribution >= 4 is 70.6 Å². The fourth-order valence-electron chi connectivity index (χ4n) is 3.33. The number of ether oxygens (including phenoxy) is 1. The summed E-state index contributed by atoms with van der Waals surface area (Å²) in [5.41, 5.74) is 1.18. The highest BCUT2D eigenvalue weighted by atomic mass is 35.7. The number of carbonyl (C=O) groups is 1. The molecule has 3 aromatic rings. The Morgan fingerprint density at radius 3 is 1.68 bits per heavy atom. The molecule has 0 bridgehead atoms. The van der Waals surface area contributed by atoms with Crippen molar-refractivity contribution in [3.63, 3.8) is 0 Å². The number of benzene rings is 3. The van der Waals surface area contributed by atoms with Gasteiger partial charge in [-0.1, -0.05) is 59.8 Å². The van der Waals surface area contributed by atoms with Gasteiger partial charge in [0.2, 0.25) is 0 Å². The van der Waals surface area contributed by atoms with Gasteiger partial charge in [-0.2, -0.15) is 8.42 Å². The summed E-state index contributed by atoms with van der Waals surface area (Å²) in [6, 6.07) is 18.9. The maximum atomic E-state index is 12.5. The topological polar surface area (TPSA) is 104 Å². The summed E-state index contributed by atoms with van der Waals surface area (Å²) in [5, 5.41) is 1.59. The zero-order valence-corrected chi connectivity index (χ0v) is 26.1. The molecule has 3 aromatic carbocycles. The van der Waals surface area contributed by atoms with Crippen LogP contribution in [0.4, 0.5) is 0 Å². The van der Waals surface area contributed by atoms with E-state index in [0.29, 0.717) is 21.5 Å². The molecule has 1 atom stereocenters. The van der Waals surface area contributed by atoms with Gasteiger partial charge in [-0.15, -0.1) is 0 Å². The quantitative estimate of drug-likeness (QED) is 0.0842. The summed E-state index contributed by atoms with van der Waals surface area (Å²) in [4.78, 5) is 12.2. The average Bonchev–Trinajstić information content (AvgIpc) is 2.89. The Hall–Kier alpha value is -1.85. The summed E-state index contributed by atoms with van der Waals surface area (Å²) in [6.07, 6.45) is 2.32. The van der Waals surface area contributed by atoms with Crippen molar-refractivity contribution in [3.05, 3.63) is 93.4 Å². The second kappa shape index (κ2) is 16.6. The molecule has 3 rings (SSSR count). The Morgan fingerprint density at radius 1 is 0.725 bits per heavy atom. The molecule has 0 aliphatic carbocycles. The SMILES string of the molecule is CCOC(=O)C(CCCCCc1ccc(Cl)cc1)OS(=O)(=O)c1ccc(Cl)cc1.O=S(=O)(Cl)c1ccc(Cl)cc1. The molecule has 0 saturated heterocycles. The fourth-order valence-corrected chi connectivity index (χ4v) is 5.54. The van der Waals surface area contributed by atoms with Gasteiger partial charge in [-0.25, -0.2) is 13.2 Å². The lowest BCUT2D eigenvalue weighted by Gasteiger charge is -2.16.